The lowest BCUT2D eigenvalue weighted by Gasteiger charge is -2.17. The molecule has 0 aliphatic rings. The molecule has 5 N–H and O–H groups in total. The van der Waals surface area contributed by atoms with Gasteiger partial charge in [0.05, 0.1) is 12.5 Å². The fourth-order valence-electron chi connectivity index (χ4n) is 1.43. The maximum Gasteiger partial charge on any atom is 0.306 e. The normalized spacial score (nSPS) is 14.4. The van der Waals surface area contributed by atoms with Crippen molar-refractivity contribution in [3.63, 3.8) is 0 Å². The summed E-state index contributed by atoms with van der Waals surface area (Å²) in [5.74, 6) is -1.83. The molecule has 2 atom stereocenters. The van der Waals surface area contributed by atoms with Gasteiger partial charge in [-0.25, -0.2) is 4.39 Å². The van der Waals surface area contributed by atoms with Crippen LogP contribution in [0.15, 0.2) is 18.2 Å². The standard InChI is InChI=1S/C11H14FNO4/c12-8-3-6(1-2-7(8)5-13)11(17)9(14)4-10(15)16/h1-3,9,11,14,17H,4-5,13H2,(H,15,16). The van der Waals surface area contributed by atoms with E-state index in [-0.39, 0.29) is 17.7 Å². The number of carboxylic acids is 1. The van der Waals surface area contributed by atoms with Crippen LogP contribution < -0.4 is 5.73 Å². The number of carboxylic acid groups (broad SMARTS) is 1. The summed E-state index contributed by atoms with van der Waals surface area (Å²) in [5, 5.41) is 27.5. The summed E-state index contributed by atoms with van der Waals surface area (Å²) in [6.45, 7) is 0.0277. The third-order valence-electron chi connectivity index (χ3n) is 2.39. The maximum atomic E-state index is 13.3. The third kappa shape index (κ3) is 3.48. The van der Waals surface area contributed by atoms with Crippen LogP contribution in [0, 0.1) is 5.82 Å². The van der Waals surface area contributed by atoms with Gasteiger partial charge in [0.15, 0.2) is 0 Å². The van der Waals surface area contributed by atoms with Crippen molar-refractivity contribution in [1.29, 1.82) is 0 Å². The van der Waals surface area contributed by atoms with Crippen LogP contribution in [0.5, 0.6) is 0 Å². The topological polar surface area (TPSA) is 104 Å². The Hall–Kier alpha value is -1.50. The molecule has 1 rings (SSSR count). The van der Waals surface area contributed by atoms with Gasteiger partial charge >= 0.3 is 5.97 Å². The first-order valence-corrected chi connectivity index (χ1v) is 5.02. The zero-order valence-corrected chi connectivity index (χ0v) is 9.01. The van der Waals surface area contributed by atoms with Crippen molar-refractivity contribution in [3.05, 3.63) is 35.1 Å². The minimum absolute atomic E-state index is 0.0277. The highest BCUT2D eigenvalue weighted by Gasteiger charge is 2.21. The van der Waals surface area contributed by atoms with Gasteiger partial charge in [-0.3, -0.25) is 4.79 Å². The Morgan fingerprint density at radius 3 is 2.53 bits per heavy atom. The molecule has 0 radical (unpaired) electrons. The van der Waals surface area contributed by atoms with E-state index in [9.17, 15) is 19.4 Å². The molecular weight excluding hydrogens is 229 g/mol. The Labute approximate surface area is 97.3 Å². The molecule has 0 spiro atoms. The van der Waals surface area contributed by atoms with Crippen LogP contribution in [0.4, 0.5) is 4.39 Å². The molecule has 1 aromatic rings. The minimum atomic E-state index is -1.48. The van der Waals surface area contributed by atoms with E-state index < -0.39 is 30.4 Å². The van der Waals surface area contributed by atoms with E-state index in [0.717, 1.165) is 6.07 Å². The number of carbonyl (C=O) groups is 1. The van der Waals surface area contributed by atoms with Gasteiger partial charge in [-0.1, -0.05) is 12.1 Å². The molecule has 5 nitrogen and oxygen atoms in total. The van der Waals surface area contributed by atoms with Crippen molar-refractivity contribution in [2.24, 2.45) is 5.73 Å². The molecular formula is C11H14FNO4. The summed E-state index contributed by atoms with van der Waals surface area (Å²) >= 11 is 0. The quantitative estimate of drug-likeness (QED) is 0.589. The Balaban J connectivity index is 2.85. The summed E-state index contributed by atoms with van der Waals surface area (Å²) in [6, 6.07) is 3.83. The summed E-state index contributed by atoms with van der Waals surface area (Å²) in [6.07, 6.45) is -3.52. The van der Waals surface area contributed by atoms with Crippen molar-refractivity contribution in [3.8, 4) is 0 Å². The van der Waals surface area contributed by atoms with Crippen LogP contribution in [0.25, 0.3) is 0 Å². The van der Waals surface area contributed by atoms with Gasteiger partial charge in [0, 0.05) is 12.1 Å². The first-order valence-electron chi connectivity index (χ1n) is 5.02. The van der Waals surface area contributed by atoms with Gasteiger partial charge in [-0.2, -0.15) is 0 Å². The summed E-state index contributed by atoms with van der Waals surface area (Å²) < 4.78 is 13.3. The fraction of sp³-hybridized carbons (Fsp3) is 0.364. The second kappa shape index (κ2) is 5.72. The largest absolute Gasteiger partial charge is 0.481 e. The fourth-order valence-corrected chi connectivity index (χ4v) is 1.43. The summed E-state index contributed by atoms with van der Waals surface area (Å²) in [5.41, 5.74) is 5.68. The van der Waals surface area contributed by atoms with Gasteiger partial charge in [-0.15, -0.1) is 0 Å². The van der Waals surface area contributed by atoms with Crippen molar-refractivity contribution in [1.82, 2.24) is 0 Å². The lowest BCUT2D eigenvalue weighted by atomic mass is 10.0. The van der Waals surface area contributed by atoms with Crippen LogP contribution in [-0.4, -0.2) is 27.4 Å². The SMILES string of the molecule is NCc1ccc(C(O)C(O)CC(=O)O)cc1F. The Morgan fingerprint density at radius 2 is 2.06 bits per heavy atom. The van der Waals surface area contributed by atoms with Gasteiger partial charge in [0.1, 0.15) is 11.9 Å². The van der Waals surface area contributed by atoms with Gasteiger partial charge in [-0.05, 0) is 11.6 Å². The summed E-state index contributed by atoms with van der Waals surface area (Å²) in [7, 11) is 0. The minimum Gasteiger partial charge on any atom is -0.481 e. The van der Waals surface area contributed by atoms with Gasteiger partial charge in [0.2, 0.25) is 0 Å². The predicted molar refractivity (Wildman–Crippen MR) is 57.5 cm³/mol. The van der Waals surface area contributed by atoms with E-state index in [1.165, 1.54) is 12.1 Å². The first-order chi connectivity index (χ1) is 7.95. The number of aliphatic hydroxyl groups excluding tert-OH is 2. The smallest absolute Gasteiger partial charge is 0.306 e. The lowest BCUT2D eigenvalue weighted by molar-refractivity contribution is -0.141. The van der Waals surface area contributed by atoms with E-state index >= 15 is 0 Å². The molecule has 0 aliphatic carbocycles. The number of benzene rings is 1. The lowest BCUT2D eigenvalue weighted by Crippen LogP contribution is -2.22. The third-order valence-corrected chi connectivity index (χ3v) is 2.39. The predicted octanol–water partition coefficient (Wildman–Crippen LogP) is 0.153. The molecule has 6 heteroatoms. The van der Waals surface area contributed by atoms with E-state index in [1.807, 2.05) is 0 Å². The number of rotatable bonds is 5. The molecule has 0 fully saturated rings. The molecule has 94 valence electrons. The molecule has 1 aromatic carbocycles. The van der Waals surface area contributed by atoms with Gasteiger partial charge < -0.3 is 21.1 Å². The van der Waals surface area contributed by atoms with E-state index in [4.69, 9.17) is 10.8 Å². The molecule has 0 saturated heterocycles. The number of aliphatic carboxylic acids is 1. The highest BCUT2D eigenvalue weighted by atomic mass is 19.1. The Morgan fingerprint density at radius 1 is 1.41 bits per heavy atom. The van der Waals surface area contributed by atoms with Crippen molar-refractivity contribution < 1.29 is 24.5 Å². The summed E-state index contributed by atoms with van der Waals surface area (Å²) in [4.78, 5) is 10.4. The highest BCUT2D eigenvalue weighted by Crippen LogP contribution is 2.21. The maximum absolute atomic E-state index is 13.3. The van der Waals surface area contributed by atoms with E-state index in [2.05, 4.69) is 0 Å². The highest BCUT2D eigenvalue weighted by molar-refractivity contribution is 5.67. The van der Waals surface area contributed by atoms with E-state index in [1.54, 1.807) is 0 Å². The van der Waals surface area contributed by atoms with Gasteiger partial charge in [0.25, 0.3) is 0 Å². The van der Waals surface area contributed by atoms with E-state index in [0.29, 0.717) is 0 Å². The second-order valence-electron chi connectivity index (χ2n) is 3.67. The molecule has 0 heterocycles. The average molecular weight is 243 g/mol. The molecule has 0 amide bonds. The molecule has 0 saturated carbocycles. The monoisotopic (exact) mass is 243 g/mol. The van der Waals surface area contributed by atoms with Crippen LogP contribution >= 0.6 is 0 Å². The molecule has 0 aromatic heterocycles. The van der Waals surface area contributed by atoms with Crippen molar-refractivity contribution in [2.45, 2.75) is 25.2 Å². The number of hydrogen-bond donors (Lipinski definition) is 4. The zero-order chi connectivity index (χ0) is 13.0. The van der Waals surface area contributed by atoms with Crippen LogP contribution in [0.3, 0.4) is 0 Å². The molecule has 2 unspecified atom stereocenters. The molecule has 0 aliphatic heterocycles. The second-order valence-corrected chi connectivity index (χ2v) is 3.67. The Kier molecular flexibility index (Phi) is 4.56. The van der Waals surface area contributed by atoms with Crippen molar-refractivity contribution in [2.75, 3.05) is 0 Å². The van der Waals surface area contributed by atoms with Crippen molar-refractivity contribution >= 4 is 5.97 Å². The number of aliphatic hydroxyl groups is 2. The number of hydrogen-bond acceptors (Lipinski definition) is 4. The zero-order valence-electron chi connectivity index (χ0n) is 9.01. The number of nitrogens with two attached hydrogens (primary N) is 1. The van der Waals surface area contributed by atoms with Crippen LogP contribution in [0.1, 0.15) is 23.7 Å². The van der Waals surface area contributed by atoms with Crippen LogP contribution in [0.2, 0.25) is 0 Å². The molecule has 17 heavy (non-hydrogen) atoms. The Bertz CT molecular complexity index is 410. The van der Waals surface area contributed by atoms with Crippen LogP contribution in [-0.2, 0) is 11.3 Å². The average Bonchev–Trinajstić information content (AvgIpc) is 2.27. The molecule has 0 bridgehead atoms. The first kappa shape index (κ1) is 13.6. The number of halogens is 1.